The molecule has 1 N–H and O–H groups in total. The zero-order chi connectivity index (χ0) is 23.1. The Morgan fingerprint density at radius 3 is 2.42 bits per heavy atom. The minimum absolute atomic E-state index is 0.0632. The fourth-order valence-electron chi connectivity index (χ4n) is 4.14. The third kappa shape index (κ3) is 6.12. The van der Waals surface area contributed by atoms with Gasteiger partial charge in [0.25, 0.3) is 0 Å². The molecule has 4 rings (SSSR count). The number of piperidine rings is 1. The summed E-state index contributed by atoms with van der Waals surface area (Å²) in [5, 5.41) is 3.94. The predicted octanol–water partition coefficient (Wildman–Crippen LogP) is 5.12. The van der Waals surface area contributed by atoms with Gasteiger partial charge in [-0.05, 0) is 67.9 Å². The van der Waals surface area contributed by atoms with Crippen LogP contribution in [-0.4, -0.2) is 42.0 Å². The molecular weight excluding hydrogens is 434 g/mol. The summed E-state index contributed by atoms with van der Waals surface area (Å²) in [6, 6.07) is 22.9. The molecule has 2 aromatic carbocycles. The molecule has 0 unspecified atom stereocenters. The number of pyridine rings is 1. The van der Waals surface area contributed by atoms with Crippen molar-refractivity contribution in [1.29, 1.82) is 0 Å². The van der Waals surface area contributed by atoms with Gasteiger partial charge in [-0.2, -0.15) is 0 Å². The maximum atomic E-state index is 13.4. The fourth-order valence-corrected chi connectivity index (χ4v) is 4.27. The maximum Gasteiger partial charge on any atom is 0.226 e. The topological polar surface area (TPSA) is 54.5 Å². The number of benzene rings is 2. The molecule has 0 radical (unpaired) electrons. The number of hydrogen-bond donors (Lipinski definition) is 1. The van der Waals surface area contributed by atoms with Crippen molar-refractivity contribution in [2.24, 2.45) is 5.41 Å². The lowest BCUT2D eigenvalue weighted by molar-refractivity contribution is -0.133. The Labute approximate surface area is 200 Å². The Morgan fingerprint density at radius 2 is 1.76 bits per heavy atom. The van der Waals surface area contributed by atoms with E-state index in [1.54, 1.807) is 6.20 Å². The van der Waals surface area contributed by atoms with Crippen molar-refractivity contribution in [2.45, 2.75) is 25.8 Å². The molecule has 1 aliphatic rings. The number of carbonyl (C=O) groups excluding carboxylic acids is 1. The van der Waals surface area contributed by atoms with E-state index in [4.69, 9.17) is 16.3 Å². The molecule has 1 atom stereocenters. The molecule has 33 heavy (non-hydrogen) atoms. The second-order valence-corrected chi connectivity index (χ2v) is 9.21. The molecular formula is C27H30ClN3O2. The minimum atomic E-state index is -0.420. The van der Waals surface area contributed by atoms with Crippen LogP contribution in [0.3, 0.4) is 0 Å². The summed E-state index contributed by atoms with van der Waals surface area (Å²) in [7, 11) is 0. The predicted molar refractivity (Wildman–Crippen MR) is 131 cm³/mol. The standard InChI is InChI=1S/C27H30ClN3O2/c1-27(14-17-31(18-15-27)19-20-33-23-7-3-2-4-8-23)26(32)30-25(24-9-5-6-16-29-24)21-10-12-22(28)13-11-21/h2-13,16,25H,14-15,17-20H2,1H3,(H,30,32)/t25-/m0/s1. The van der Waals surface area contributed by atoms with Gasteiger partial charge >= 0.3 is 0 Å². The van der Waals surface area contributed by atoms with E-state index >= 15 is 0 Å². The monoisotopic (exact) mass is 463 g/mol. The van der Waals surface area contributed by atoms with Crippen molar-refractivity contribution in [3.8, 4) is 5.75 Å². The van der Waals surface area contributed by atoms with Gasteiger partial charge in [0.1, 0.15) is 12.4 Å². The van der Waals surface area contributed by atoms with Crippen LogP contribution in [0, 0.1) is 5.41 Å². The SMILES string of the molecule is CC1(C(=O)N[C@@H](c2ccc(Cl)cc2)c2ccccn2)CCN(CCOc2ccccc2)CC1. The van der Waals surface area contributed by atoms with Crippen molar-refractivity contribution in [3.05, 3.63) is 95.3 Å². The van der Waals surface area contributed by atoms with Crippen molar-refractivity contribution >= 4 is 17.5 Å². The van der Waals surface area contributed by atoms with E-state index in [1.165, 1.54) is 0 Å². The Kier molecular flexibility index (Phi) is 7.63. The number of rotatable bonds is 8. The molecule has 1 aliphatic heterocycles. The molecule has 0 spiro atoms. The normalized spacial score (nSPS) is 16.7. The summed E-state index contributed by atoms with van der Waals surface area (Å²) >= 11 is 6.08. The highest BCUT2D eigenvalue weighted by molar-refractivity contribution is 6.30. The van der Waals surface area contributed by atoms with Gasteiger partial charge in [0.15, 0.2) is 0 Å². The van der Waals surface area contributed by atoms with Crippen LogP contribution in [0.25, 0.3) is 0 Å². The van der Waals surface area contributed by atoms with E-state index in [1.807, 2.05) is 72.8 Å². The van der Waals surface area contributed by atoms with E-state index in [0.29, 0.717) is 11.6 Å². The quantitative estimate of drug-likeness (QED) is 0.503. The van der Waals surface area contributed by atoms with Crippen LogP contribution < -0.4 is 10.1 Å². The first kappa shape index (κ1) is 23.3. The van der Waals surface area contributed by atoms with Gasteiger partial charge in [-0.25, -0.2) is 0 Å². The van der Waals surface area contributed by atoms with E-state index in [2.05, 4.69) is 22.1 Å². The smallest absolute Gasteiger partial charge is 0.226 e. The molecule has 1 aromatic heterocycles. The number of carbonyl (C=O) groups is 1. The molecule has 0 aliphatic carbocycles. The van der Waals surface area contributed by atoms with Crippen LogP contribution in [0.15, 0.2) is 79.0 Å². The number of halogens is 1. The second kappa shape index (κ2) is 10.8. The number of amides is 1. The van der Waals surface area contributed by atoms with Gasteiger partial charge in [0, 0.05) is 23.2 Å². The summed E-state index contributed by atoms with van der Waals surface area (Å²) in [4.78, 5) is 20.3. The summed E-state index contributed by atoms with van der Waals surface area (Å²) < 4.78 is 5.83. The summed E-state index contributed by atoms with van der Waals surface area (Å²) in [6.07, 6.45) is 3.36. The van der Waals surface area contributed by atoms with Gasteiger partial charge in [0.2, 0.25) is 5.91 Å². The lowest BCUT2D eigenvalue weighted by Crippen LogP contribution is -2.48. The van der Waals surface area contributed by atoms with Gasteiger partial charge < -0.3 is 10.1 Å². The van der Waals surface area contributed by atoms with Crippen LogP contribution in [-0.2, 0) is 4.79 Å². The van der Waals surface area contributed by atoms with Gasteiger partial charge in [0.05, 0.1) is 11.7 Å². The molecule has 5 nitrogen and oxygen atoms in total. The summed E-state index contributed by atoms with van der Waals surface area (Å²) in [5.74, 6) is 0.953. The molecule has 2 heterocycles. The van der Waals surface area contributed by atoms with Gasteiger partial charge in [-0.15, -0.1) is 0 Å². The fraction of sp³-hybridized carbons (Fsp3) is 0.333. The zero-order valence-electron chi connectivity index (χ0n) is 18.9. The first-order chi connectivity index (χ1) is 16.0. The van der Waals surface area contributed by atoms with Crippen molar-refractivity contribution in [1.82, 2.24) is 15.2 Å². The second-order valence-electron chi connectivity index (χ2n) is 8.78. The molecule has 0 bridgehead atoms. The first-order valence-corrected chi connectivity index (χ1v) is 11.8. The number of para-hydroxylation sites is 1. The molecule has 3 aromatic rings. The van der Waals surface area contributed by atoms with E-state index in [9.17, 15) is 4.79 Å². The lowest BCUT2D eigenvalue weighted by Gasteiger charge is -2.39. The zero-order valence-corrected chi connectivity index (χ0v) is 19.7. The molecule has 1 fully saturated rings. The highest BCUT2D eigenvalue weighted by Crippen LogP contribution is 2.33. The van der Waals surface area contributed by atoms with Crippen molar-refractivity contribution in [3.63, 3.8) is 0 Å². The van der Waals surface area contributed by atoms with Crippen LogP contribution >= 0.6 is 11.6 Å². The van der Waals surface area contributed by atoms with Crippen LogP contribution in [0.1, 0.15) is 37.1 Å². The van der Waals surface area contributed by atoms with E-state index in [-0.39, 0.29) is 11.9 Å². The average molecular weight is 464 g/mol. The highest BCUT2D eigenvalue weighted by Gasteiger charge is 2.38. The van der Waals surface area contributed by atoms with Crippen LogP contribution in [0.2, 0.25) is 5.02 Å². The molecule has 172 valence electrons. The third-order valence-electron chi connectivity index (χ3n) is 6.39. The van der Waals surface area contributed by atoms with E-state index < -0.39 is 5.41 Å². The Bertz CT molecular complexity index is 1020. The van der Waals surface area contributed by atoms with Crippen LogP contribution in [0.5, 0.6) is 5.75 Å². The Hall–Kier alpha value is -2.89. The Balaban J connectivity index is 1.35. The maximum absolute atomic E-state index is 13.4. The number of likely N-dealkylation sites (tertiary alicyclic amines) is 1. The van der Waals surface area contributed by atoms with E-state index in [0.717, 1.165) is 49.5 Å². The minimum Gasteiger partial charge on any atom is -0.492 e. The average Bonchev–Trinajstić information content (AvgIpc) is 2.85. The van der Waals surface area contributed by atoms with Gasteiger partial charge in [-0.3, -0.25) is 14.7 Å². The number of nitrogens with one attached hydrogen (secondary N) is 1. The van der Waals surface area contributed by atoms with Crippen molar-refractivity contribution < 1.29 is 9.53 Å². The number of nitrogens with zero attached hydrogens (tertiary/aromatic N) is 2. The van der Waals surface area contributed by atoms with Crippen molar-refractivity contribution in [2.75, 3.05) is 26.2 Å². The molecule has 6 heteroatoms. The lowest BCUT2D eigenvalue weighted by atomic mass is 9.79. The number of ether oxygens (including phenoxy) is 1. The summed E-state index contributed by atoms with van der Waals surface area (Å²) in [6.45, 7) is 5.31. The van der Waals surface area contributed by atoms with Gasteiger partial charge in [-0.1, -0.05) is 54.9 Å². The largest absolute Gasteiger partial charge is 0.492 e. The number of hydrogen-bond acceptors (Lipinski definition) is 4. The summed E-state index contributed by atoms with van der Waals surface area (Å²) in [5.41, 5.74) is 1.36. The molecule has 0 saturated carbocycles. The molecule has 1 amide bonds. The highest BCUT2D eigenvalue weighted by atomic mass is 35.5. The van der Waals surface area contributed by atoms with Crippen LogP contribution in [0.4, 0.5) is 0 Å². The first-order valence-electron chi connectivity index (χ1n) is 11.4. The third-order valence-corrected chi connectivity index (χ3v) is 6.64. The Morgan fingerprint density at radius 1 is 1.06 bits per heavy atom. The molecule has 1 saturated heterocycles. The number of aromatic nitrogens is 1.